The Kier molecular flexibility index (Phi) is 6.26. The summed E-state index contributed by atoms with van der Waals surface area (Å²) in [6.45, 7) is 5.69. The molecule has 1 aromatic rings. The van der Waals surface area contributed by atoms with Crippen LogP contribution in [0, 0.1) is 10.1 Å². The van der Waals surface area contributed by atoms with Gasteiger partial charge in [0, 0.05) is 31.4 Å². The lowest BCUT2D eigenvalue weighted by molar-refractivity contribution is -0.384. The molecule has 1 fully saturated rings. The summed E-state index contributed by atoms with van der Waals surface area (Å²) in [6, 6.07) is 5.58. The van der Waals surface area contributed by atoms with Gasteiger partial charge in [0.05, 0.1) is 23.2 Å². The quantitative estimate of drug-likeness (QED) is 0.598. The average molecular weight is 351 g/mol. The van der Waals surface area contributed by atoms with E-state index in [0.29, 0.717) is 12.0 Å². The minimum absolute atomic E-state index is 0.0459. The maximum absolute atomic E-state index is 12.3. The first-order valence-electron chi connectivity index (χ1n) is 8.50. The molecule has 0 amide bonds. The third kappa shape index (κ3) is 5.59. The number of rotatable bonds is 7. The monoisotopic (exact) mass is 351 g/mol. The topological polar surface area (TPSA) is 98.9 Å². The van der Waals surface area contributed by atoms with E-state index in [1.54, 1.807) is 0 Å². The van der Waals surface area contributed by atoms with E-state index in [4.69, 9.17) is 9.47 Å². The number of carbonyl (C=O) groups is 1. The van der Waals surface area contributed by atoms with Gasteiger partial charge in [-0.05, 0) is 38.0 Å². The summed E-state index contributed by atoms with van der Waals surface area (Å²) in [4.78, 5) is 22.4. The lowest BCUT2D eigenvalue weighted by Crippen LogP contribution is -2.45. The summed E-state index contributed by atoms with van der Waals surface area (Å²) in [7, 11) is 0. The van der Waals surface area contributed by atoms with Crippen LogP contribution in [-0.4, -0.2) is 33.8 Å². The molecule has 0 aromatic heterocycles. The molecule has 0 bridgehead atoms. The predicted octanol–water partition coefficient (Wildman–Crippen LogP) is 3.30. The molecule has 138 valence electrons. The van der Waals surface area contributed by atoms with E-state index >= 15 is 0 Å². The van der Waals surface area contributed by atoms with Gasteiger partial charge in [-0.15, -0.1) is 0 Å². The maximum Gasteiger partial charge on any atom is 0.269 e. The molecule has 0 spiro atoms. The van der Waals surface area contributed by atoms with Crippen molar-refractivity contribution in [2.45, 2.75) is 70.6 Å². The van der Waals surface area contributed by atoms with E-state index in [9.17, 15) is 20.0 Å². The number of nitrogens with zero attached hydrogens (tertiary/aromatic N) is 1. The summed E-state index contributed by atoms with van der Waals surface area (Å²) in [6.07, 6.45) is 0.514. The first-order valence-corrected chi connectivity index (χ1v) is 8.50. The van der Waals surface area contributed by atoms with Gasteiger partial charge < -0.3 is 14.6 Å². The Morgan fingerprint density at radius 1 is 1.32 bits per heavy atom. The van der Waals surface area contributed by atoms with Crippen LogP contribution in [0.15, 0.2) is 24.3 Å². The number of ketones is 1. The van der Waals surface area contributed by atoms with Crippen molar-refractivity contribution in [3.05, 3.63) is 39.9 Å². The molecule has 25 heavy (non-hydrogen) atoms. The Hall–Kier alpha value is -1.83. The Morgan fingerprint density at radius 3 is 2.48 bits per heavy atom. The maximum atomic E-state index is 12.3. The fraction of sp³-hybridized carbons (Fsp3) is 0.611. The molecule has 1 heterocycles. The molecule has 0 radical (unpaired) electrons. The van der Waals surface area contributed by atoms with Crippen LogP contribution in [-0.2, 0) is 14.3 Å². The highest BCUT2D eigenvalue weighted by molar-refractivity contribution is 5.79. The van der Waals surface area contributed by atoms with Crippen molar-refractivity contribution >= 4 is 11.5 Å². The van der Waals surface area contributed by atoms with Crippen LogP contribution >= 0.6 is 0 Å². The zero-order chi connectivity index (χ0) is 18.6. The van der Waals surface area contributed by atoms with Crippen LogP contribution in [0.2, 0.25) is 0 Å². The van der Waals surface area contributed by atoms with Gasteiger partial charge in [-0.2, -0.15) is 0 Å². The fourth-order valence-electron chi connectivity index (χ4n) is 3.08. The molecule has 3 atom stereocenters. The minimum Gasteiger partial charge on any atom is -0.388 e. The molecule has 2 rings (SSSR count). The number of non-ortho nitro benzene ring substituents is 1. The second-order valence-corrected chi connectivity index (χ2v) is 6.83. The van der Waals surface area contributed by atoms with Crippen molar-refractivity contribution in [3.63, 3.8) is 0 Å². The first kappa shape index (κ1) is 19.5. The number of benzene rings is 1. The van der Waals surface area contributed by atoms with Crippen molar-refractivity contribution in [1.29, 1.82) is 0 Å². The van der Waals surface area contributed by atoms with Gasteiger partial charge >= 0.3 is 0 Å². The summed E-state index contributed by atoms with van der Waals surface area (Å²) >= 11 is 0. The molecule has 1 aromatic carbocycles. The zero-order valence-corrected chi connectivity index (χ0v) is 14.8. The normalized spacial score (nSPS) is 23.8. The van der Waals surface area contributed by atoms with Gasteiger partial charge in [-0.25, -0.2) is 0 Å². The zero-order valence-electron chi connectivity index (χ0n) is 14.8. The minimum atomic E-state index is -0.983. The SMILES string of the molecule is CC[C@@H]1C[C@@H](CC(=O)C[C@H](O)c2ccc([N+](=O)[O-])cc2)OC(C)(C)O1. The number of hydrogen-bond donors (Lipinski definition) is 1. The van der Waals surface area contributed by atoms with Crippen LogP contribution in [0.25, 0.3) is 0 Å². The number of nitro benzene ring substituents is 1. The van der Waals surface area contributed by atoms with Gasteiger partial charge in [0.2, 0.25) is 0 Å². The Labute approximate surface area is 147 Å². The van der Waals surface area contributed by atoms with E-state index in [1.807, 2.05) is 20.8 Å². The highest BCUT2D eigenvalue weighted by atomic mass is 16.7. The average Bonchev–Trinajstić information content (AvgIpc) is 2.53. The molecule has 0 saturated carbocycles. The van der Waals surface area contributed by atoms with Crippen molar-refractivity contribution in [2.24, 2.45) is 0 Å². The molecule has 7 heteroatoms. The Morgan fingerprint density at radius 2 is 1.92 bits per heavy atom. The van der Waals surface area contributed by atoms with Crippen LogP contribution < -0.4 is 0 Å². The van der Waals surface area contributed by atoms with Gasteiger partial charge in [0.25, 0.3) is 5.69 Å². The number of aliphatic hydroxyl groups is 1. The number of aliphatic hydroxyl groups excluding tert-OH is 1. The largest absolute Gasteiger partial charge is 0.388 e. The molecule has 1 aliphatic rings. The van der Waals surface area contributed by atoms with Crippen LogP contribution in [0.4, 0.5) is 5.69 Å². The molecule has 1 N–H and O–H groups in total. The standard InChI is InChI=1S/C18H25NO6/c1-4-15-11-16(25-18(2,3)24-15)9-14(20)10-17(21)12-5-7-13(8-6-12)19(22)23/h5-8,15-17,21H,4,9-11H2,1-3H3/t15-,16-,17+/m1/s1. The summed E-state index contributed by atoms with van der Waals surface area (Å²) < 4.78 is 11.6. The summed E-state index contributed by atoms with van der Waals surface area (Å²) in [5.41, 5.74) is 0.435. The lowest BCUT2D eigenvalue weighted by atomic mass is 9.97. The van der Waals surface area contributed by atoms with Crippen molar-refractivity contribution < 1.29 is 24.3 Å². The second kappa shape index (κ2) is 8.03. The Bertz CT molecular complexity index is 612. The van der Waals surface area contributed by atoms with E-state index < -0.39 is 16.8 Å². The lowest BCUT2D eigenvalue weighted by Gasteiger charge is -2.40. The van der Waals surface area contributed by atoms with E-state index in [2.05, 4.69) is 0 Å². The molecule has 0 aliphatic carbocycles. The van der Waals surface area contributed by atoms with Gasteiger partial charge in [0.1, 0.15) is 5.78 Å². The van der Waals surface area contributed by atoms with Gasteiger partial charge in [-0.1, -0.05) is 6.92 Å². The molecule has 1 aliphatic heterocycles. The van der Waals surface area contributed by atoms with Crippen molar-refractivity contribution in [2.75, 3.05) is 0 Å². The van der Waals surface area contributed by atoms with E-state index in [-0.39, 0.29) is 36.5 Å². The molecule has 7 nitrogen and oxygen atoms in total. The second-order valence-electron chi connectivity index (χ2n) is 6.83. The molecular formula is C18H25NO6. The fourth-order valence-corrected chi connectivity index (χ4v) is 3.08. The number of nitro groups is 1. The number of hydrogen-bond acceptors (Lipinski definition) is 6. The van der Waals surface area contributed by atoms with E-state index in [0.717, 1.165) is 6.42 Å². The third-order valence-corrected chi connectivity index (χ3v) is 4.25. The van der Waals surface area contributed by atoms with Crippen LogP contribution in [0.3, 0.4) is 0 Å². The molecule has 1 saturated heterocycles. The smallest absolute Gasteiger partial charge is 0.269 e. The highest BCUT2D eigenvalue weighted by Gasteiger charge is 2.35. The molecule has 0 unspecified atom stereocenters. The number of carbonyl (C=O) groups excluding carboxylic acids is 1. The highest BCUT2D eigenvalue weighted by Crippen LogP contribution is 2.30. The summed E-state index contributed by atoms with van der Waals surface area (Å²) in [5, 5.41) is 20.8. The number of ether oxygens (including phenoxy) is 2. The third-order valence-electron chi connectivity index (χ3n) is 4.25. The van der Waals surface area contributed by atoms with Gasteiger partial charge in [-0.3, -0.25) is 14.9 Å². The van der Waals surface area contributed by atoms with Crippen LogP contribution in [0.5, 0.6) is 0 Å². The van der Waals surface area contributed by atoms with Crippen molar-refractivity contribution in [1.82, 2.24) is 0 Å². The van der Waals surface area contributed by atoms with Gasteiger partial charge in [0.15, 0.2) is 5.79 Å². The van der Waals surface area contributed by atoms with E-state index in [1.165, 1.54) is 24.3 Å². The number of Topliss-reactive ketones (excluding diaryl/α,β-unsaturated/α-hetero) is 1. The van der Waals surface area contributed by atoms with Crippen molar-refractivity contribution in [3.8, 4) is 0 Å². The molecular weight excluding hydrogens is 326 g/mol. The predicted molar refractivity (Wildman–Crippen MR) is 91.0 cm³/mol. The van der Waals surface area contributed by atoms with Crippen LogP contribution in [0.1, 0.15) is 58.1 Å². The Balaban J connectivity index is 1.91. The summed E-state index contributed by atoms with van der Waals surface area (Å²) in [5.74, 6) is -0.829. The first-order chi connectivity index (χ1) is 11.7.